The maximum absolute atomic E-state index is 9.71. The van der Waals surface area contributed by atoms with Gasteiger partial charge in [-0.25, -0.2) is 0 Å². The van der Waals surface area contributed by atoms with Crippen LogP contribution in [0.3, 0.4) is 0 Å². The van der Waals surface area contributed by atoms with Crippen molar-refractivity contribution in [2.45, 2.75) is 50.1 Å². The average Bonchev–Trinajstić information content (AvgIpc) is 2.63. The van der Waals surface area contributed by atoms with Crippen molar-refractivity contribution >= 4 is 10.9 Å². The smallest absolute Gasteiger partial charge is 0.169 e. The van der Waals surface area contributed by atoms with Crippen molar-refractivity contribution in [1.82, 2.24) is 0 Å². The Morgan fingerprint density at radius 3 is 2.56 bits per heavy atom. The molecule has 108 valence electrons. The van der Waals surface area contributed by atoms with Crippen LogP contribution in [0.1, 0.15) is 32.6 Å². The predicted octanol–water partition coefficient (Wildman–Crippen LogP) is 0.298. The van der Waals surface area contributed by atoms with Crippen LogP contribution in [-0.2, 0) is 15.6 Å². The molecule has 1 aliphatic heterocycles. The minimum absolute atomic E-state index is 0.00826. The topological polar surface area (TPSA) is 69.9 Å². The molecule has 0 aromatic carbocycles. The molecule has 3 N–H and O–H groups in total. The number of aliphatic hydroxyl groups is 3. The van der Waals surface area contributed by atoms with Crippen LogP contribution in [0.5, 0.6) is 0 Å². The van der Waals surface area contributed by atoms with E-state index in [0.29, 0.717) is 5.75 Å². The van der Waals surface area contributed by atoms with Crippen LogP contribution in [0.25, 0.3) is 0 Å². The van der Waals surface area contributed by atoms with Crippen LogP contribution in [0.4, 0.5) is 0 Å². The molecule has 1 unspecified atom stereocenters. The minimum atomic E-state index is -0.726. The summed E-state index contributed by atoms with van der Waals surface area (Å²) < 4.78 is 5.28. The SMILES string of the molecule is CCOCCCCCC[S+]1C[C@@H](O)[C@H](O)[C@H]1CO. The second kappa shape index (κ2) is 9.15. The highest BCUT2D eigenvalue weighted by Crippen LogP contribution is 2.24. The summed E-state index contributed by atoms with van der Waals surface area (Å²) in [6, 6.07) is 0. The molecular formula is C13H27O4S+. The highest BCUT2D eigenvalue weighted by atomic mass is 32.2. The Balaban J connectivity index is 2.08. The number of rotatable bonds is 9. The molecule has 1 rings (SSSR count). The molecule has 1 heterocycles. The fourth-order valence-electron chi connectivity index (χ4n) is 2.32. The monoisotopic (exact) mass is 279 g/mol. The molecule has 18 heavy (non-hydrogen) atoms. The van der Waals surface area contributed by atoms with Crippen molar-refractivity contribution in [3.05, 3.63) is 0 Å². The van der Waals surface area contributed by atoms with E-state index < -0.39 is 12.2 Å². The number of hydrogen-bond donors (Lipinski definition) is 3. The molecule has 0 spiro atoms. The highest BCUT2D eigenvalue weighted by Gasteiger charge is 2.48. The summed E-state index contributed by atoms with van der Waals surface area (Å²) in [4.78, 5) is 0. The minimum Gasteiger partial charge on any atom is -0.391 e. The zero-order valence-electron chi connectivity index (χ0n) is 11.3. The Labute approximate surface area is 113 Å². The molecule has 4 nitrogen and oxygen atoms in total. The van der Waals surface area contributed by atoms with E-state index in [-0.39, 0.29) is 22.8 Å². The fourth-order valence-corrected chi connectivity index (χ4v) is 5.04. The van der Waals surface area contributed by atoms with Gasteiger partial charge in [0.05, 0.1) is 6.61 Å². The number of hydrogen-bond acceptors (Lipinski definition) is 4. The second-order valence-corrected chi connectivity index (χ2v) is 7.22. The van der Waals surface area contributed by atoms with E-state index in [9.17, 15) is 15.3 Å². The van der Waals surface area contributed by atoms with E-state index in [1.165, 1.54) is 12.8 Å². The van der Waals surface area contributed by atoms with Crippen molar-refractivity contribution in [1.29, 1.82) is 0 Å². The van der Waals surface area contributed by atoms with Gasteiger partial charge in [-0.2, -0.15) is 0 Å². The third-order valence-electron chi connectivity index (χ3n) is 3.42. The first-order chi connectivity index (χ1) is 8.70. The van der Waals surface area contributed by atoms with Crippen molar-refractivity contribution in [3.8, 4) is 0 Å². The summed E-state index contributed by atoms with van der Waals surface area (Å²) in [5, 5.41) is 28.4. The molecule has 0 aromatic rings. The second-order valence-electron chi connectivity index (χ2n) is 4.80. The highest BCUT2D eigenvalue weighted by molar-refractivity contribution is 7.97. The Hall–Kier alpha value is 0.190. The van der Waals surface area contributed by atoms with Gasteiger partial charge >= 0.3 is 0 Å². The number of ether oxygens (including phenoxy) is 1. The molecule has 0 bridgehead atoms. The van der Waals surface area contributed by atoms with Gasteiger partial charge < -0.3 is 20.1 Å². The first-order valence-corrected chi connectivity index (χ1v) is 8.54. The third-order valence-corrected chi connectivity index (χ3v) is 6.28. The molecule has 0 aliphatic carbocycles. The Bertz CT molecular complexity index is 215. The van der Waals surface area contributed by atoms with Crippen LogP contribution >= 0.6 is 0 Å². The summed E-state index contributed by atoms with van der Waals surface area (Å²) in [5.74, 6) is 1.68. The van der Waals surface area contributed by atoms with Crippen LogP contribution in [0.2, 0.25) is 0 Å². The van der Waals surface area contributed by atoms with E-state index >= 15 is 0 Å². The van der Waals surface area contributed by atoms with Crippen LogP contribution in [0.15, 0.2) is 0 Å². The normalized spacial score (nSPS) is 32.0. The molecule has 1 aliphatic rings. The average molecular weight is 279 g/mol. The van der Waals surface area contributed by atoms with Gasteiger partial charge in [0, 0.05) is 13.2 Å². The molecule has 0 radical (unpaired) electrons. The summed E-state index contributed by atoms with van der Waals surface area (Å²) in [6.07, 6.45) is 3.20. The summed E-state index contributed by atoms with van der Waals surface area (Å²) in [6.45, 7) is 3.63. The van der Waals surface area contributed by atoms with Gasteiger partial charge in [-0.15, -0.1) is 0 Å². The molecule has 0 aromatic heterocycles. The fraction of sp³-hybridized carbons (Fsp3) is 1.00. The Kier molecular flexibility index (Phi) is 8.26. The third kappa shape index (κ3) is 5.05. The van der Waals surface area contributed by atoms with E-state index in [2.05, 4.69) is 0 Å². The molecule has 4 atom stereocenters. The largest absolute Gasteiger partial charge is 0.391 e. The van der Waals surface area contributed by atoms with E-state index in [0.717, 1.165) is 31.8 Å². The molecule has 5 heteroatoms. The lowest BCUT2D eigenvalue weighted by Gasteiger charge is -2.11. The van der Waals surface area contributed by atoms with Crippen molar-refractivity contribution in [3.63, 3.8) is 0 Å². The standard InChI is InChI=1S/C13H27O4S/c1-2-17-7-5-3-4-6-8-18-10-11(15)13(16)12(18)9-14/h11-16H,2-10H2,1H3/q+1/t11-,12-,13+,18?/m1/s1. The lowest BCUT2D eigenvalue weighted by atomic mass is 10.2. The quantitative estimate of drug-likeness (QED) is 0.419. The first kappa shape index (κ1) is 16.2. The zero-order chi connectivity index (χ0) is 13.4. The number of aliphatic hydroxyl groups excluding tert-OH is 3. The van der Waals surface area contributed by atoms with Gasteiger partial charge in [0.2, 0.25) is 0 Å². The van der Waals surface area contributed by atoms with Gasteiger partial charge in [-0.1, -0.05) is 6.42 Å². The Morgan fingerprint density at radius 2 is 1.89 bits per heavy atom. The maximum Gasteiger partial charge on any atom is 0.169 e. The van der Waals surface area contributed by atoms with Crippen molar-refractivity contribution in [2.24, 2.45) is 0 Å². The summed E-state index contributed by atoms with van der Waals surface area (Å²) >= 11 is 0. The molecule has 1 saturated heterocycles. The van der Waals surface area contributed by atoms with Crippen LogP contribution in [-0.4, -0.2) is 64.1 Å². The molecule has 0 saturated carbocycles. The van der Waals surface area contributed by atoms with Gasteiger partial charge in [0.15, 0.2) is 5.25 Å². The summed E-state index contributed by atoms with van der Waals surface area (Å²) in [5.41, 5.74) is 0. The lowest BCUT2D eigenvalue weighted by molar-refractivity contribution is 0.0325. The van der Waals surface area contributed by atoms with Crippen molar-refractivity contribution in [2.75, 3.05) is 31.3 Å². The van der Waals surface area contributed by atoms with Gasteiger partial charge in [-0.3, -0.25) is 0 Å². The van der Waals surface area contributed by atoms with Crippen molar-refractivity contribution < 1.29 is 20.1 Å². The predicted molar refractivity (Wildman–Crippen MR) is 74.9 cm³/mol. The Morgan fingerprint density at radius 1 is 1.17 bits per heavy atom. The van der Waals surface area contributed by atoms with E-state index in [4.69, 9.17) is 4.74 Å². The van der Waals surface area contributed by atoms with Gasteiger partial charge in [0.1, 0.15) is 23.7 Å². The molecule has 0 amide bonds. The number of unbranched alkanes of at least 4 members (excludes halogenated alkanes) is 3. The maximum atomic E-state index is 9.71. The van der Waals surface area contributed by atoms with Crippen LogP contribution in [0, 0.1) is 0 Å². The lowest BCUT2D eigenvalue weighted by Crippen LogP contribution is -2.34. The van der Waals surface area contributed by atoms with Gasteiger partial charge in [0.25, 0.3) is 0 Å². The zero-order valence-corrected chi connectivity index (χ0v) is 12.1. The van der Waals surface area contributed by atoms with Crippen LogP contribution < -0.4 is 0 Å². The first-order valence-electron chi connectivity index (χ1n) is 6.91. The van der Waals surface area contributed by atoms with Gasteiger partial charge in [-0.05, 0) is 37.1 Å². The molecule has 1 fully saturated rings. The summed E-state index contributed by atoms with van der Waals surface area (Å²) in [7, 11) is -0.0154. The van der Waals surface area contributed by atoms with E-state index in [1.54, 1.807) is 0 Å². The molecular weight excluding hydrogens is 252 g/mol. The van der Waals surface area contributed by atoms with E-state index in [1.807, 2.05) is 6.92 Å².